The van der Waals surface area contributed by atoms with Crippen molar-refractivity contribution in [3.63, 3.8) is 0 Å². The Kier molecular flexibility index (Phi) is 6.07. The third-order valence-corrected chi connectivity index (χ3v) is 3.89. The maximum atomic E-state index is 12.3. The van der Waals surface area contributed by atoms with E-state index < -0.39 is 12.1 Å². The molecule has 0 aliphatic heterocycles. The number of nitrogens with zero attached hydrogens (tertiary/aromatic N) is 2. The molecule has 0 spiro atoms. The number of carboxylic acids is 1. The van der Waals surface area contributed by atoms with Gasteiger partial charge >= 0.3 is 12.1 Å². The van der Waals surface area contributed by atoms with Gasteiger partial charge in [0.15, 0.2) is 5.13 Å². The zero-order chi connectivity index (χ0) is 16.7. The Labute approximate surface area is 137 Å². The number of aromatic nitrogens is 1. The highest BCUT2D eigenvalue weighted by atomic mass is 32.1. The third-order valence-electron chi connectivity index (χ3n) is 2.88. The molecule has 0 bridgehead atoms. The Hall–Kier alpha value is -2.45. The molecule has 1 amide bonds. The minimum Gasteiger partial charge on any atom is -0.477 e. The molecular weight excluding hydrogens is 320 g/mol. The van der Waals surface area contributed by atoms with Crippen molar-refractivity contribution in [2.75, 3.05) is 25.2 Å². The molecule has 0 atom stereocenters. The summed E-state index contributed by atoms with van der Waals surface area (Å²) in [7, 11) is 1.51. The number of amides is 1. The fourth-order valence-corrected chi connectivity index (χ4v) is 2.50. The molecule has 1 N–H and O–H groups in total. The second-order valence-corrected chi connectivity index (χ2v) is 5.51. The van der Waals surface area contributed by atoms with Crippen molar-refractivity contribution >= 4 is 28.5 Å². The van der Waals surface area contributed by atoms with Crippen LogP contribution in [0.5, 0.6) is 0 Å². The van der Waals surface area contributed by atoms with Gasteiger partial charge in [-0.15, -0.1) is 0 Å². The van der Waals surface area contributed by atoms with E-state index in [1.165, 1.54) is 18.2 Å². The van der Waals surface area contributed by atoms with Gasteiger partial charge in [0.1, 0.15) is 11.5 Å². The van der Waals surface area contributed by atoms with Crippen LogP contribution in [0.25, 0.3) is 0 Å². The number of aromatic carboxylic acids is 1. The molecule has 8 heteroatoms. The van der Waals surface area contributed by atoms with Crippen LogP contribution < -0.4 is 4.90 Å². The number of carboxylic acid groups (broad SMARTS) is 1. The quantitative estimate of drug-likeness (QED) is 0.836. The number of benzene rings is 1. The van der Waals surface area contributed by atoms with E-state index in [4.69, 9.17) is 14.6 Å². The largest absolute Gasteiger partial charge is 0.477 e. The van der Waals surface area contributed by atoms with Crippen molar-refractivity contribution in [2.45, 2.75) is 6.61 Å². The molecular formula is C15H16N2O5S. The number of thiazole rings is 1. The first-order chi connectivity index (χ1) is 11.1. The van der Waals surface area contributed by atoms with Gasteiger partial charge < -0.3 is 14.6 Å². The zero-order valence-electron chi connectivity index (χ0n) is 12.5. The average Bonchev–Trinajstić information content (AvgIpc) is 3.04. The standard InChI is InChI=1S/C15H16N2O5S/c1-21-8-7-17(14-16-9-12(23-14)13(18)19)15(20)22-10-11-5-3-2-4-6-11/h2-6,9H,7-8,10H2,1H3,(H,18,19). The maximum absolute atomic E-state index is 12.3. The Morgan fingerprint density at radius 2 is 2.04 bits per heavy atom. The predicted molar refractivity (Wildman–Crippen MR) is 84.9 cm³/mol. The monoisotopic (exact) mass is 336 g/mol. The van der Waals surface area contributed by atoms with Gasteiger partial charge in [0.05, 0.1) is 19.3 Å². The lowest BCUT2D eigenvalue weighted by Crippen LogP contribution is -2.34. The van der Waals surface area contributed by atoms with Crippen LogP contribution in [0.3, 0.4) is 0 Å². The molecule has 1 aromatic heterocycles. The molecule has 0 fully saturated rings. The van der Waals surface area contributed by atoms with E-state index in [0.29, 0.717) is 0 Å². The summed E-state index contributed by atoms with van der Waals surface area (Å²) in [5.74, 6) is -1.09. The maximum Gasteiger partial charge on any atom is 0.416 e. The van der Waals surface area contributed by atoms with Crippen molar-refractivity contribution in [1.29, 1.82) is 0 Å². The van der Waals surface area contributed by atoms with Crippen molar-refractivity contribution in [3.05, 3.63) is 47.0 Å². The minimum absolute atomic E-state index is 0.0540. The first kappa shape index (κ1) is 16.9. The minimum atomic E-state index is -1.09. The molecule has 0 unspecified atom stereocenters. The number of carbonyl (C=O) groups excluding carboxylic acids is 1. The summed E-state index contributed by atoms with van der Waals surface area (Å²) in [6.07, 6.45) is 0.615. The molecule has 0 aliphatic carbocycles. The van der Waals surface area contributed by atoms with E-state index in [-0.39, 0.29) is 29.8 Å². The molecule has 2 rings (SSSR count). The first-order valence-corrected chi connectivity index (χ1v) is 7.59. The molecule has 0 aliphatic rings. The lowest BCUT2D eigenvalue weighted by atomic mass is 10.2. The van der Waals surface area contributed by atoms with Gasteiger partial charge in [-0.05, 0) is 5.56 Å². The van der Waals surface area contributed by atoms with E-state index in [1.807, 2.05) is 30.3 Å². The average molecular weight is 336 g/mol. The SMILES string of the molecule is COCCN(C(=O)OCc1ccccc1)c1ncc(C(=O)O)s1. The Morgan fingerprint density at radius 1 is 1.30 bits per heavy atom. The van der Waals surface area contributed by atoms with Crippen molar-refractivity contribution in [1.82, 2.24) is 4.98 Å². The van der Waals surface area contributed by atoms with E-state index in [0.717, 1.165) is 16.9 Å². The van der Waals surface area contributed by atoms with E-state index in [1.54, 1.807) is 0 Å². The number of carbonyl (C=O) groups is 2. The van der Waals surface area contributed by atoms with Crippen LogP contribution in [0, 0.1) is 0 Å². The van der Waals surface area contributed by atoms with E-state index >= 15 is 0 Å². The highest BCUT2D eigenvalue weighted by molar-refractivity contribution is 7.17. The molecule has 7 nitrogen and oxygen atoms in total. The Balaban J connectivity index is 2.06. The third kappa shape index (κ3) is 4.76. The number of anilines is 1. The molecule has 1 heterocycles. The van der Waals surface area contributed by atoms with E-state index in [9.17, 15) is 9.59 Å². The van der Waals surface area contributed by atoms with Crippen LogP contribution >= 0.6 is 11.3 Å². The number of hydrogen-bond donors (Lipinski definition) is 1. The summed E-state index contributed by atoms with van der Waals surface area (Å²) < 4.78 is 10.2. The predicted octanol–water partition coefficient (Wildman–Crippen LogP) is 2.63. The molecule has 23 heavy (non-hydrogen) atoms. The van der Waals surface area contributed by atoms with Crippen molar-refractivity contribution in [2.24, 2.45) is 0 Å². The molecule has 2 aromatic rings. The van der Waals surface area contributed by atoms with Gasteiger partial charge in [0.2, 0.25) is 0 Å². The van der Waals surface area contributed by atoms with Crippen molar-refractivity contribution < 1.29 is 24.2 Å². The normalized spacial score (nSPS) is 10.3. The second-order valence-electron chi connectivity index (χ2n) is 4.50. The van der Waals surface area contributed by atoms with Crippen LogP contribution in [0.15, 0.2) is 36.5 Å². The number of methoxy groups -OCH3 is 1. The van der Waals surface area contributed by atoms with Crippen LogP contribution in [-0.4, -0.2) is 42.4 Å². The second kappa shape index (κ2) is 8.25. The lowest BCUT2D eigenvalue weighted by Gasteiger charge is -2.19. The summed E-state index contributed by atoms with van der Waals surface area (Å²) in [6, 6.07) is 9.27. The summed E-state index contributed by atoms with van der Waals surface area (Å²) in [5, 5.41) is 9.22. The van der Waals surface area contributed by atoms with Gasteiger partial charge in [0.25, 0.3) is 0 Å². The number of hydrogen-bond acceptors (Lipinski definition) is 6. The summed E-state index contributed by atoms with van der Waals surface area (Å²) >= 11 is 0.908. The molecule has 0 saturated heterocycles. The molecule has 0 saturated carbocycles. The Morgan fingerprint density at radius 3 is 2.65 bits per heavy atom. The molecule has 0 radical (unpaired) electrons. The first-order valence-electron chi connectivity index (χ1n) is 6.78. The highest BCUT2D eigenvalue weighted by Crippen LogP contribution is 2.23. The topological polar surface area (TPSA) is 89.0 Å². The summed E-state index contributed by atoms with van der Waals surface area (Å²) in [4.78, 5) is 28.5. The fraction of sp³-hybridized carbons (Fsp3) is 0.267. The zero-order valence-corrected chi connectivity index (χ0v) is 13.3. The Bertz CT molecular complexity index is 659. The van der Waals surface area contributed by atoms with Gasteiger partial charge in [-0.3, -0.25) is 4.90 Å². The van der Waals surface area contributed by atoms with Gasteiger partial charge in [-0.1, -0.05) is 41.7 Å². The van der Waals surface area contributed by atoms with Gasteiger partial charge in [-0.2, -0.15) is 0 Å². The lowest BCUT2D eigenvalue weighted by molar-refractivity contribution is 0.0702. The highest BCUT2D eigenvalue weighted by Gasteiger charge is 2.22. The van der Waals surface area contributed by atoms with Gasteiger partial charge in [-0.25, -0.2) is 14.6 Å². The van der Waals surface area contributed by atoms with Crippen LogP contribution in [0.1, 0.15) is 15.2 Å². The van der Waals surface area contributed by atoms with Crippen LogP contribution in [0.2, 0.25) is 0 Å². The molecule has 122 valence electrons. The van der Waals surface area contributed by atoms with E-state index in [2.05, 4.69) is 4.98 Å². The smallest absolute Gasteiger partial charge is 0.416 e. The van der Waals surface area contributed by atoms with Crippen LogP contribution in [-0.2, 0) is 16.1 Å². The van der Waals surface area contributed by atoms with Crippen molar-refractivity contribution in [3.8, 4) is 0 Å². The van der Waals surface area contributed by atoms with Gasteiger partial charge in [0, 0.05) is 7.11 Å². The number of ether oxygens (including phenoxy) is 2. The fourth-order valence-electron chi connectivity index (χ4n) is 1.73. The molecule has 1 aromatic carbocycles. The van der Waals surface area contributed by atoms with Crippen LogP contribution in [0.4, 0.5) is 9.93 Å². The summed E-state index contributed by atoms with van der Waals surface area (Å²) in [5.41, 5.74) is 0.859. The summed E-state index contributed by atoms with van der Waals surface area (Å²) in [6.45, 7) is 0.624. The number of rotatable bonds is 7.